The minimum Gasteiger partial charge on any atom is -0.356 e. The number of amides is 1. The predicted molar refractivity (Wildman–Crippen MR) is 73.1 cm³/mol. The van der Waals surface area contributed by atoms with E-state index < -0.39 is 0 Å². The van der Waals surface area contributed by atoms with Gasteiger partial charge in [-0.15, -0.1) is 0 Å². The van der Waals surface area contributed by atoms with Crippen molar-refractivity contribution in [2.24, 2.45) is 5.92 Å². The summed E-state index contributed by atoms with van der Waals surface area (Å²) < 4.78 is 0. The van der Waals surface area contributed by atoms with Gasteiger partial charge in [-0.2, -0.15) is 0 Å². The van der Waals surface area contributed by atoms with Gasteiger partial charge < -0.3 is 15.5 Å². The van der Waals surface area contributed by atoms with Gasteiger partial charge in [-0.3, -0.25) is 4.79 Å². The highest BCUT2D eigenvalue weighted by atomic mass is 16.1. The quantitative estimate of drug-likeness (QED) is 0.564. The molecule has 0 aromatic carbocycles. The van der Waals surface area contributed by atoms with Crippen LogP contribution in [0.1, 0.15) is 33.1 Å². The van der Waals surface area contributed by atoms with Crippen LogP contribution in [0.4, 0.5) is 0 Å². The first kappa shape index (κ1) is 16.4. The first-order valence-corrected chi connectivity index (χ1v) is 6.64. The predicted octanol–water partition coefficient (Wildman–Crippen LogP) is 1.08. The molecule has 4 nitrogen and oxygen atoms in total. The fraction of sp³-hybridized carbons (Fsp3) is 0.923. The molecule has 0 saturated heterocycles. The molecule has 0 bridgehead atoms. The van der Waals surface area contributed by atoms with E-state index >= 15 is 0 Å². The number of carbonyl (C=O) groups is 1. The maximum absolute atomic E-state index is 11.4. The standard InChI is InChI=1S/C13H29N3O/c1-12(2)6-10-15-13(17)7-9-14-8-5-11-16(3)4/h12,14H,5-11H2,1-4H3,(H,15,17). The number of nitrogens with zero attached hydrogens (tertiary/aromatic N) is 1. The zero-order chi connectivity index (χ0) is 13.1. The van der Waals surface area contributed by atoms with E-state index in [1.54, 1.807) is 0 Å². The summed E-state index contributed by atoms with van der Waals surface area (Å²) in [5, 5.41) is 6.22. The summed E-state index contributed by atoms with van der Waals surface area (Å²) in [5.41, 5.74) is 0. The van der Waals surface area contributed by atoms with Gasteiger partial charge in [0.05, 0.1) is 0 Å². The highest BCUT2D eigenvalue weighted by Crippen LogP contribution is 1.96. The van der Waals surface area contributed by atoms with Crippen LogP contribution in [0.3, 0.4) is 0 Å². The van der Waals surface area contributed by atoms with E-state index in [0.29, 0.717) is 12.3 Å². The Morgan fingerprint density at radius 2 is 1.88 bits per heavy atom. The monoisotopic (exact) mass is 243 g/mol. The van der Waals surface area contributed by atoms with E-state index in [4.69, 9.17) is 0 Å². The van der Waals surface area contributed by atoms with Crippen molar-refractivity contribution >= 4 is 5.91 Å². The summed E-state index contributed by atoms with van der Waals surface area (Å²) in [6.07, 6.45) is 2.77. The van der Waals surface area contributed by atoms with Crippen molar-refractivity contribution in [1.82, 2.24) is 15.5 Å². The van der Waals surface area contributed by atoms with Crippen molar-refractivity contribution in [2.45, 2.75) is 33.1 Å². The number of rotatable bonds is 10. The van der Waals surface area contributed by atoms with Gasteiger partial charge >= 0.3 is 0 Å². The number of nitrogens with one attached hydrogen (secondary N) is 2. The van der Waals surface area contributed by atoms with Gasteiger partial charge in [0.15, 0.2) is 0 Å². The van der Waals surface area contributed by atoms with Crippen LogP contribution in [-0.4, -0.2) is 51.1 Å². The Balaban J connectivity index is 3.22. The molecule has 0 aromatic heterocycles. The Labute approximate surface area is 106 Å². The molecule has 2 N–H and O–H groups in total. The molecule has 0 fully saturated rings. The summed E-state index contributed by atoms with van der Waals surface area (Å²) in [6, 6.07) is 0. The van der Waals surface area contributed by atoms with E-state index in [0.717, 1.165) is 39.0 Å². The zero-order valence-electron chi connectivity index (χ0n) is 11.9. The van der Waals surface area contributed by atoms with Crippen LogP contribution in [0.15, 0.2) is 0 Å². The molecule has 0 spiro atoms. The average Bonchev–Trinajstić information content (AvgIpc) is 2.22. The molecule has 1 amide bonds. The molecule has 102 valence electrons. The van der Waals surface area contributed by atoms with Crippen molar-refractivity contribution in [2.75, 3.05) is 40.3 Å². The third-order valence-electron chi connectivity index (χ3n) is 2.53. The topological polar surface area (TPSA) is 44.4 Å². The summed E-state index contributed by atoms with van der Waals surface area (Å²) in [7, 11) is 4.14. The van der Waals surface area contributed by atoms with Gasteiger partial charge in [0.1, 0.15) is 0 Å². The van der Waals surface area contributed by atoms with Crippen LogP contribution >= 0.6 is 0 Å². The Morgan fingerprint density at radius 1 is 1.18 bits per heavy atom. The molecule has 0 aliphatic heterocycles. The molecule has 0 aliphatic rings. The number of hydrogen-bond donors (Lipinski definition) is 2. The van der Waals surface area contributed by atoms with E-state index in [2.05, 4.69) is 43.5 Å². The Bertz CT molecular complexity index is 193. The van der Waals surface area contributed by atoms with Crippen LogP contribution in [0.2, 0.25) is 0 Å². The molecule has 0 aromatic rings. The molecule has 0 atom stereocenters. The summed E-state index contributed by atoms with van der Waals surface area (Å²) in [5.74, 6) is 0.810. The molecule has 0 heterocycles. The van der Waals surface area contributed by atoms with E-state index in [9.17, 15) is 4.79 Å². The molecule has 0 radical (unpaired) electrons. The molecular formula is C13H29N3O. The average molecular weight is 243 g/mol. The third kappa shape index (κ3) is 13.3. The lowest BCUT2D eigenvalue weighted by atomic mass is 10.1. The highest BCUT2D eigenvalue weighted by Gasteiger charge is 2.00. The van der Waals surface area contributed by atoms with E-state index in [1.165, 1.54) is 0 Å². The Morgan fingerprint density at radius 3 is 2.47 bits per heavy atom. The van der Waals surface area contributed by atoms with Crippen LogP contribution in [0.5, 0.6) is 0 Å². The van der Waals surface area contributed by atoms with Gasteiger partial charge in [0, 0.05) is 19.5 Å². The lowest BCUT2D eigenvalue weighted by Gasteiger charge is -2.10. The Hall–Kier alpha value is -0.610. The number of hydrogen-bond acceptors (Lipinski definition) is 3. The smallest absolute Gasteiger partial charge is 0.221 e. The normalized spacial score (nSPS) is 11.2. The van der Waals surface area contributed by atoms with Crippen molar-refractivity contribution in [3.63, 3.8) is 0 Å². The lowest BCUT2D eigenvalue weighted by molar-refractivity contribution is -0.121. The summed E-state index contributed by atoms with van der Waals surface area (Å²) in [4.78, 5) is 13.6. The molecule has 0 aliphatic carbocycles. The third-order valence-corrected chi connectivity index (χ3v) is 2.53. The SMILES string of the molecule is CC(C)CCNC(=O)CCNCCCN(C)C. The van der Waals surface area contributed by atoms with E-state index in [-0.39, 0.29) is 5.91 Å². The number of carbonyl (C=O) groups excluding carboxylic acids is 1. The van der Waals surface area contributed by atoms with Crippen molar-refractivity contribution < 1.29 is 4.79 Å². The van der Waals surface area contributed by atoms with E-state index in [1.807, 2.05) is 0 Å². The Kier molecular flexibility index (Phi) is 10.2. The fourth-order valence-corrected chi connectivity index (χ4v) is 1.44. The van der Waals surface area contributed by atoms with Crippen LogP contribution < -0.4 is 10.6 Å². The zero-order valence-corrected chi connectivity index (χ0v) is 11.9. The van der Waals surface area contributed by atoms with Gasteiger partial charge in [0.25, 0.3) is 0 Å². The second-order valence-corrected chi connectivity index (χ2v) is 5.19. The summed E-state index contributed by atoms with van der Waals surface area (Å²) in [6.45, 7) is 7.99. The van der Waals surface area contributed by atoms with Crippen molar-refractivity contribution in [3.8, 4) is 0 Å². The van der Waals surface area contributed by atoms with Gasteiger partial charge in [-0.25, -0.2) is 0 Å². The van der Waals surface area contributed by atoms with Crippen LogP contribution in [-0.2, 0) is 4.79 Å². The van der Waals surface area contributed by atoms with Crippen LogP contribution in [0, 0.1) is 5.92 Å². The maximum atomic E-state index is 11.4. The van der Waals surface area contributed by atoms with Crippen molar-refractivity contribution in [3.05, 3.63) is 0 Å². The van der Waals surface area contributed by atoms with Crippen molar-refractivity contribution in [1.29, 1.82) is 0 Å². The first-order chi connectivity index (χ1) is 8.02. The molecule has 17 heavy (non-hydrogen) atoms. The second-order valence-electron chi connectivity index (χ2n) is 5.19. The highest BCUT2D eigenvalue weighted by molar-refractivity contribution is 5.75. The fourth-order valence-electron chi connectivity index (χ4n) is 1.44. The van der Waals surface area contributed by atoms with Gasteiger partial charge in [-0.05, 0) is 45.9 Å². The summed E-state index contributed by atoms with van der Waals surface area (Å²) >= 11 is 0. The molecular weight excluding hydrogens is 214 g/mol. The minimum atomic E-state index is 0.158. The molecule has 0 rings (SSSR count). The molecule has 4 heteroatoms. The first-order valence-electron chi connectivity index (χ1n) is 6.64. The molecule has 0 unspecified atom stereocenters. The lowest BCUT2D eigenvalue weighted by Crippen LogP contribution is -2.29. The second kappa shape index (κ2) is 10.5. The van der Waals surface area contributed by atoms with Crippen LogP contribution in [0.25, 0.3) is 0 Å². The van der Waals surface area contributed by atoms with Gasteiger partial charge in [0.2, 0.25) is 5.91 Å². The minimum absolute atomic E-state index is 0.158. The molecule has 0 saturated carbocycles. The maximum Gasteiger partial charge on any atom is 0.221 e. The largest absolute Gasteiger partial charge is 0.356 e. The van der Waals surface area contributed by atoms with Gasteiger partial charge in [-0.1, -0.05) is 13.8 Å².